The highest BCUT2D eigenvalue weighted by Crippen LogP contribution is 2.16. The summed E-state index contributed by atoms with van der Waals surface area (Å²) in [4.78, 5) is 11.6. The van der Waals surface area contributed by atoms with Crippen molar-refractivity contribution in [1.29, 1.82) is 0 Å². The van der Waals surface area contributed by atoms with Crippen molar-refractivity contribution in [3.63, 3.8) is 0 Å². The van der Waals surface area contributed by atoms with Gasteiger partial charge in [0.1, 0.15) is 12.4 Å². The molecule has 15 heavy (non-hydrogen) atoms. The lowest BCUT2D eigenvalue weighted by atomic mass is 9.91. The Labute approximate surface area is 91.3 Å². The molecule has 0 aliphatic heterocycles. The van der Waals surface area contributed by atoms with Gasteiger partial charge in [0.15, 0.2) is 5.78 Å². The third kappa shape index (κ3) is 3.74. The van der Waals surface area contributed by atoms with Crippen molar-refractivity contribution in [2.75, 3.05) is 6.61 Å². The molecule has 0 saturated carbocycles. The first-order valence-corrected chi connectivity index (χ1v) is 5.12. The van der Waals surface area contributed by atoms with Crippen molar-refractivity contribution < 1.29 is 9.53 Å². The fourth-order valence-electron chi connectivity index (χ4n) is 1.000. The first-order valence-electron chi connectivity index (χ1n) is 5.12. The summed E-state index contributed by atoms with van der Waals surface area (Å²) in [5, 5.41) is 0. The molecule has 0 radical (unpaired) electrons. The number of rotatable bonds is 3. The second kappa shape index (κ2) is 4.47. The van der Waals surface area contributed by atoms with Gasteiger partial charge in [-0.1, -0.05) is 38.5 Å². The molecule has 1 rings (SSSR count). The highest BCUT2D eigenvalue weighted by atomic mass is 16.5. The van der Waals surface area contributed by atoms with Crippen LogP contribution in [0, 0.1) is 12.3 Å². The highest BCUT2D eigenvalue weighted by molar-refractivity contribution is 5.85. The predicted octanol–water partition coefficient (Wildman–Crippen LogP) is 2.99. The second-order valence-electron chi connectivity index (χ2n) is 4.77. The van der Waals surface area contributed by atoms with Crippen molar-refractivity contribution >= 4 is 5.78 Å². The molecule has 0 fully saturated rings. The van der Waals surface area contributed by atoms with E-state index in [1.807, 2.05) is 52.0 Å². The van der Waals surface area contributed by atoms with Crippen LogP contribution in [0.3, 0.4) is 0 Å². The Hall–Kier alpha value is -1.31. The lowest BCUT2D eigenvalue weighted by Crippen LogP contribution is -2.26. The minimum absolute atomic E-state index is 0.114. The Morgan fingerprint density at radius 1 is 1.20 bits per heavy atom. The maximum Gasteiger partial charge on any atom is 0.175 e. The zero-order chi connectivity index (χ0) is 11.5. The van der Waals surface area contributed by atoms with Crippen molar-refractivity contribution in [2.24, 2.45) is 5.41 Å². The SMILES string of the molecule is Cc1ccc(OCC(=O)C(C)(C)C)cc1. The van der Waals surface area contributed by atoms with Crippen LogP contribution in [0.5, 0.6) is 5.75 Å². The standard InChI is InChI=1S/C13H18O2/c1-10-5-7-11(8-6-10)15-9-12(14)13(2,3)4/h5-8H,9H2,1-4H3. The average molecular weight is 206 g/mol. The smallest absolute Gasteiger partial charge is 0.175 e. The molecule has 2 heteroatoms. The van der Waals surface area contributed by atoms with Crippen LogP contribution in [0.15, 0.2) is 24.3 Å². The largest absolute Gasteiger partial charge is 0.486 e. The summed E-state index contributed by atoms with van der Waals surface area (Å²) in [6, 6.07) is 7.70. The Balaban J connectivity index is 2.51. The summed E-state index contributed by atoms with van der Waals surface area (Å²) < 4.78 is 5.40. The van der Waals surface area contributed by atoms with Crippen molar-refractivity contribution in [3.8, 4) is 5.75 Å². The number of ketones is 1. The summed E-state index contributed by atoms with van der Waals surface area (Å²) in [6.07, 6.45) is 0. The van der Waals surface area contributed by atoms with E-state index < -0.39 is 0 Å². The molecule has 82 valence electrons. The Bertz CT molecular complexity index is 331. The summed E-state index contributed by atoms with van der Waals surface area (Å²) >= 11 is 0. The van der Waals surface area contributed by atoms with E-state index in [0.29, 0.717) is 0 Å². The first kappa shape index (κ1) is 11.8. The predicted molar refractivity (Wildman–Crippen MR) is 61.1 cm³/mol. The molecule has 0 aromatic heterocycles. The van der Waals surface area contributed by atoms with E-state index in [0.717, 1.165) is 5.75 Å². The van der Waals surface area contributed by atoms with Gasteiger partial charge in [0.25, 0.3) is 0 Å². The molecule has 0 aliphatic carbocycles. The van der Waals surface area contributed by atoms with E-state index in [1.54, 1.807) is 0 Å². The average Bonchev–Trinajstić information content (AvgIpc) is 2.15. The molecule has 0 aliphatic rings. The fraction of sp³-hybridized carbons (Fsp3) is 0.462. The van der Waals surface area contributed by atoms with Gasteiger partial charge >= 0.3 is 0 Å². The number of aryl methyl sites for hydroxylation is 1. The van der Waals surface area contributed by atoms with Crippen LogP contribution in [-0.4, -0.2) is 12.4 Å². The third-order valence-electron chi connectivity index (χ3n) is 2.23. The molecule has 1 aromatic rings. The lowest BCUT2D eigenvalue weighted by Gasteiger charge is -2.16. The van der Waals surface area contributed by atoms with Crippen LogP contribution in [0.25, 0.3) is 0 Å². The molecular weight excluding hydrogens is 188 g/mol. The number of ether oxygens (including phenoxy) is 1. The summed E-state index contributed by atoms with van der Waals surface area (Å²) in [7, 11) is 0. The lowest BCUT2D eigenvalue weighted by molar-refractivity contribution is -0.128. The van der Waals surface area contributed by atoms with Gasteiger partial charge in [0.05, 0.1) is 0 Å². The molecule has 1 aromatic carbocycles. The molecule has 0 amide bonds. The Kier molecular flexibility index (Phi) is 3.51. The summed E-state index contributed by atoms with van der Waals surface area (Å²) in [5.41, 5.74) is 0.856. The number of hydrogen-bond donors (Lipinski definition) is 0. The van der Waals surface area contributed by atoms with Crippen LogP contribution in [0.4, 0.5) is 0 Å². The molecule has 2 nitrogen and oxygen atoms in total. The quantitative estimate of drug-likeness (QED) is 0.760. The monoisotopic (exact) mass is 206 g/mol. The zero-order valence-electron chi connectivity index (χ0n) is 9.83. The minimum atomic E-state index is -0.329. The molecular formula is C13H18O2. The summed E-state index contributed by atoms with van der Waals surface area (Å²) in [6.45, 7) is 7.85. The molecule has 0 bridgehead atoms. The molecule has 0 saturated heterocycles. The van der Waals surface area contributed by atoms with Crippen LogP contribution < -0.4 is 4.74 Å². The molecule has 0 unspecified atom stereocenters. The zero-order valence-corrected chi connectivity index (χ0v) is 9.83. The van der Waals surface area contributed by atoms with E-state index in [9.17, 15) is 4.79 Å². The van der Waals surface area contributed by atoms with Crippen LogP contribution in [0.1, 0.15) is 26.3 Å². The molecule has 0 atom stereocenters. The normalized spacial score (nSPS) is 11.2. The Morgan fingerprint density at radius 3 is 2.20 bits per heavy atom. The molecule has 0 N–H and O–H groups in total. The number of Topliss-reactive ketones (excluding diaryl/α,β-unsaturated/α-hetero) is 1. The third-order valence-corrected chi connectivity index (χ3v) is 2.23. The van der Waals surface area contributed by atoms with Gasteiger partial charge in [0.2, 0.25) is 0 Å². The van der Waals surface area contributed by atoms with Crippen molar-refractivity contribution in [1.82, 2.24) is 0 Å². The Morgan fingerprint density at radius 2 is 1.73 bits per heavy atom. The number of hydrogen-bond acceptors (Lipinski definition) is 2. The highest BCUT2D eigenvalue weighted by Gasteiger charge is 2.21. The van der Waals surface area contributed by atoms with E-state index in [2.05, 4.69) is 0 Å². The minimum Gasteiger partial charge on any atom is -0.486 e. The van der Waals surface area contributed by atoms with Crippen molar-refractivity contribution in [3.05, 3.63) is 29.8 Å². The van der Waals surface area contributed by atoms with E-state index in [1.165, 1.54) is 5.56 Å². The van der Waals surface area contributed by atoms with Crippen molar-refractivity contribution in [2.45, 2.75) is 27.7 Å². The second-order valence-corrected chi connectivity index (χ2v) is 4.77. The van der Waals surface area contributed by atoms with E-state index in [-0.39, 0.29) is 17.8 Å². The molecule has 0 spiro atoms. The number of carbonyl (C=O) groups is 1. The van der Waals surface area contributed by atoms with Gasteiger partial charge < -0.3 is 4.74 Å². The fourth-order valence-corrected chi connectivity index (χ4v) is 1.000. The van der Waals surface area contributed by atoms with Gasteiger partial charge in [-0.15, -0.1) is 0 Å². The van der Waals surface area contributed by atoms with E-state index >= 15 is 0 Å². The van der Waals surface area contributed by atoms with Crippen LogP contribution in [-0.2, 0) is 4.79 Å². The van der Waals surface area contributed by atoms with Gasteiger partial charge in [-0.25, -0.2) is 0 Å². The number of benzene rings is 1. The first-order chi connectivity index (χ1) is 6.89. The van der Waals surface area contributed by atoms with Gasteiger partial charge in [0, 0.05) is 5.41 Å². The van der Waals surface area contributed by atoms with Crippen LogP contribution >= 0.6 is 0 Å². The topological polar surface area (TPSA) is 26.3 Å². The summed E-state index contributed by atoms with van der Waals surface area (Å²) in [5.74, 6) is 0.862. The van der Waals surface area contributed by atoms with E-state index in [4.69, 9.17) is 4.74 Å². The number of carbonyl (C=O) groups excluding carboxylic acids is 1. The van der Waals surface area contributed by atoms with Crippen LogP contribution in [0.2, 0.25) is 0 Å². The maximum absolute atomic E-state index is 11.6. The van der Waals surface area contributed by atoms with Gasteiger partial charge in [-0.05, 0) is 19.1 Å². The van der Waals surface area contributed by atoms with Gasteiger partial charge in [-0.3, -0.25) is 4.79 Å². The molecule has 0 heterocycles. The maximum atomic E-state index is 11.6. The van der Waals surface area contributed by atoms with Gasteiger partial charge in [-0.2, -0.15) is 0 Å².